The van der Waals surface area contributed by atoms with E-state index >= 15 is 0 Å². The Hall–Kier alpha value is -4.04. The number of hydrogen-bond acceptors (Lipinski definition) is 4. The Morgan fingerprint density at radius 3 is 2.60 bits per heavy atom. The van der Waals surface area contributed by atoms with Crippen molar-refractivity contribution in [3.05, 3.63) is 102 Å². The zero-order chi connectivity index (χ0) is 24.8. The normalized spacial score (nSPS) is 10.6. The van der Waals surface area contributed by atoms with E-state index in [-0.39, 0.29) is 23.9 Å². The van der Waals surface area contributed by atoms with Gasteiger partial charge in [0, 0.05) is 16.9 Å². The van der Waals surface area contributed by atoms with Gasteiger partial charge in [0.2, 0.25) is 5.91 Å². The molecule has 0 radical (unpaired) electrons. The fourth-order valence-electron chi connectivity index (χ4n) is 3.69. The number of aromatic nitrogens is 5. The molecule has 0 unspecified atom stereocenters. The van der Waals surface area contributed by atoms with Gasteiger partial charge in [-0.3, -0.25) is 9.20 Å². The van der Waals surface area contributed by atoms with E-state index in [1.54, 1.807) is 27.9 Å². The van der Waals surface area contributed by atoms with Gasteiger partial charge in [0.25, 0.3) is 0 Å². The SMILES string of the molecule is CC.O=C(Cc1nnc2ccccn12)N(Cc1cc(F)cc(Cl)c1)c1ccc(-c2cnc[nH]2)cc1. The molecule has 3 heterocycles. The van der Waals surface area contributed by atoms with Gasteiger partial charge in [-0.15, -0.1) is 10.2 Å². The summed E-state index contributed by atoms with van der Waals surface area (Å²) in [6.45, 7) is 4.15. The Bertz CT molecular complexity index is 1400. The summed E-state index contributed by atoms with van der Waals surface area (Å²) in [4.78, 5) is 22.1. The number of rotatable bonds is 6. The number of fused-ring (bicyclic) bond motifs is 1. The third kappa shape index (κ3) is 5.55. The monoisotopic (exact) mass is 490 g/mol. The number of carbonyl (C=O) groups excluding carboxylic acids is 1. The fourth-order valence-corrected chi connectivity index (χ4v) is 3.93. The van der Waals surface area contributed by atoms with Crippen LogP contribution in [0, 0.1) is 5.82 Å². The molecule has 5 aromatic rings. The number of carbonyl (C=O) groups is 1. The summed E-state index contributed by atoms with van der Waals surface area (Å²) >= 11 is 6.04. The van der Waals surface area contributed by atoms with Crippen molar-refractivity contribution in [3.63, 3.8) is 0 Å². The highest BCUT2D eigenvalue weighted by Gasteiger charge is 2.20. The average Bonchev–Trinajstić information content (AvgIpc) is 3.54. The lowest BCUT2D eigenvalue weighted by Crippen LogP contribution is -2.32. The van der Waals surface area contributed by atoms with E-state index < -0.39 is 5.82 Å². The van der Waals surface area contributed by atoms with E-state index in [4.69, 9.17) is 11.6 Å². The average molecular weight is 491 g/mol. The Morgan fingerprint density at radius 2 is 1.89 bits per heavy atom. The van der Waals surface area contributed by atoms with Crippen LogP contribution in [0.5, 0.6) is 0 Å². The summed E-state index contributed by atoms with van der Waals surface area (Å²) in [7, 11) is 0. The number of pyridine rings is 1. The number of halogens is 2. The maximum atomic E-state index is 14.0. The number of amides is 1. The van der Waals surface area contributed by atoms with Gasteiger partial charge >= 0.3 is 0 Å². The first-order valence-electron chi connectivity index (χ1n) is 11.2. The van der Waals surface area contributed by atoms with Crippen molar-refractivity contribution in [2.24, 2.45) is 0 Å². The van der Waals surface area contributed by atoms with E-state index in [1.165, 1.54) is 12.1 Å². The standard InChI is InChI=1S/C24H18ClFN6O.C2H6/c25-18-9-16(10-19(26)11-18)14-32(20-6-4-17(5-7-20)21-13-27-15-28-21)24(33)12-23-30-29-22-3-1-2-8-31(22)23;1-2/h1-11,13,15H,12,14H2,(H,27,28);1-2H3. The number of hydrogen-bond donors (Lipinski definition) is 1. The van der Waals surface area contributed by atoms with Crippen LogP contribution in [0.15, 0.2) is 79.4 Å². The highest BCUT2D eigenvalue weighted by molar-refractivity contribution is 6.30. The predicted molar refractivity (Wildman–Crippen MR) is 135 cm³/mol. The Kier molecular flexibility index (Phi) is 7.52. The Balaban J connectivity index is 0.00000141. The summed E-state index contributed by atoms with van der Waals surface area (Å²) in [5, 5.41) is 8.56. The van der Waals surface area contributed by atoms with E-state index in [0.29, 0.717) is 22.7 Å². The first-order valence-corrected chi connectivity index (χ1v) is 11.6. The zero-order valence-corrected chi connectivity index (χ0v) is 20.1. The molecule has 0 bridgehead atoms. The van der Waals surface area contributed by atoms with Gasteiger partial charge in [-0.05, 0) is 53.6 Å². The van der Waals surface area contributed by atoms with Gasteiger partial charge in [0.15, 0.2) is 5.65 Å². The minimum atomic E-state index is -0.456. The maximum absolute atomic E-state index is 14.0. The van der Waals surface area contributed by atoms with E-state index in [2.05, 4.69) is 20.2 Å². The quantitative estimate of drug-likeness (QED) is 0.330. The zero-order valence-electron chi connectivity index (χ0n) is 19.3. The molecule has 5 rings (SSSR count). The van der Waals surface area contributed by atoms with Gasteiger partial charge in [-0.25, -0.2) is 9.37 Å². The molecular formula is C26H24ClFN6O. The first kappa shape index (κ1) is 24.1. The Labute approximate surface area is 207 Å². The highest BCUT2D eigenvalue weighted by Crippen LogP contribution is 2.25. The predicted octanol–water partition coefficient (Wildman–Crippen LogP) is 5.71. The smallest absolute Gasteiger partial charge is 0.234 e. The minimum Gasteiger partial charge on any atom is -0.345 e. The van der Waals surface area contributed by atoms with E-state index in [0.717, 1.165) is 11.3 Å². The van der Waals surface area contributed by atoms with Crippen LogP contribution in [0.3, 0.4) is 0 Å². The number of aromatic amines is 1. The van der Waals surface area contributed by atoms with Crippen LogP contribution in [-0.4, -0.2) is 30.5 Å². The number of nitrogens with one attached hydrogen (secondary N) is 1. The summed E-state index contributed by atoms with van der Waals surface area (Å²) in [5.41, 5.74) is 3.70. The summed E-state index contributed by atoms with van der Waals surface area (Å²) < 4.78 is 15.7. The number of anilines is 1. The topological polar surface area (TPSA) is 79.2 Å². The molecule has 178 valence electrons. The van der Waals surface area contributed by atoms with E-state index in [1.807, 2.05) is 62.5 Å². The molecule has 7 nitrogen and oxygen atoms in total. The third-order valence-electron chi connectivity index (χ3n) is 5.25. The lowest BCUT2D eigenvalue weighted by Gasteiger charge is -2.23. The second-order valence-electron chi connectivity index (χ2n) is 7.49. The molecule has 0 saturated carbocycles. The lowest BCUT2D eigenvalue weighted by atomic mass is 10.1. The maximum Gasteiger partial charge on any atom is 0.234 e. The second kappa shape index (κ2) is 10.9. The van der Waals surface area contributed by atoms with Gasteiger partial charge in [0.05, 0.1) is 31.2 Å². The molecule has 0 fully saturated rings. The van der Waals surface area contributed by atoms with Crippen LogP contribution in [0.4, 0.5) is 10.1 Å². The van der Waals surface area contributed by atoms with Crippen molar-refractivity contribution in [2.45, 2.75) is 26.8 Å². The van der Waals surface area contributed by atoms with Crippen LogP contribution in [0.25, 0.3) is 16.9 Å². The van der Waals surface area contributed by atoms with Crippen molar-refractivity contribution in [2.75, 3.05) is 4.90 Å². The molecular weight excluding hydrogens is 467 g/mol. The molecule has 0 aliphatic heterocycles. The molecule has 2 aromatic carbocycles. The number of benzene rings is 2. The number of H-pyrrole nitrogens is 1. The van der Waals surface area contributed by atoms with Crippen molar-refractivity contribution in [3.8, 4) is 11.3 Å². The second-order valence-corrected chi connectivity index (χ2v) is 7.93. The Morgan fingerprint density at radius 1 is 1.09 bits per heavy atom. The molecule has 0 aliphatic rings. The summed E-state index contributed by atoms with van der Waals surface area (Å²) in [6.07, 6.45) is 5.17. The first-order chi connectivity index (χ1) is 17.1. The molecule has 1 amide bonds. The van der Waals surface area contributed by atoms with Crippen LogP contribution in [0.2, 0.25) is 5.02 Å². The molecule has 0 spiro atoms. The molecule has 0 atom stereocenters. The molecule has 9 heteroatoms. The van der Waals surface area contributed by atoms with Gasteiger partial charge < -0.3 is 9.88 Å². The molecule has 0 aliphatic carbocycles. The fraction of sp³-hybridized carbons (Fsp3) is 0.154. The van der Waals surface area contributed by atoms with Crippen molar-refractivity contribution in [1.82, 2.24) is 24.6 Å². The van der Waals surface area contributed by atoms with Crippen LogP contribution in [-0.2, 0) is 17.8 Å². The van der Waals surface area contributed by atoms with Crippen molar-refractivity contribution < 1.29 is 9.18 Å². The molecule has 35 heavy (non-hydrogen) atoms. The third-order valence-corrected chi connectivity index (χ3v) is 5.46. The number of imidazole rings is 1. The van der Waals surface area contributed by atoms with Crippen LogP contribution >= 0.6 is 11.6 Å². The van der Waals surface area contributed by atoms with Gasteiger partial charge in [-0.2, -0.15) is 0 Å². The van der Waals surface area contributed by atoms with E-state index in [9.17, 15) is 9.18 Å². The number of nitrogens with zero attached hydrogens (tertiary/aromatic N) is 5. The highest BCUT2D eigenvalue weighted by atomic mass is 35.5. The molecule has 1 N–H and O–H groups in total. The minimum absolute atomic E-state index is 0.0243. The van der Waals surface area contributed by atoms with Crippen LogP contribution in [0.1, 0.15) is 25.2 Å². The molecule has 3 aromatic heterocycles. The summed E-state index contributed by atoms with van der Waals surface area (Å²) in [6, 6.07) is 17.3. The van der Waals surface area contributed by atoms with Crippen LogP contribution < -0.4 is 4.90 Å². The molecule has 0 saturated heterocycles. The summed E-state index contributed by atoms with van der Waals surface area (Å²) in [5.74, 6) is -0.141. The van der Waals surface area contributed by atoms with Crippen molar-refractivity contribution in [1.29, 1.82) is 0 Å². The largest absolute Gasteiger partial charge is 0.345 e. The lowest BCUT2D eigenvalue weighted by molar-refractivity contribution is -0.118. The van der Waals surface area contributed by atoms with Gasteiger partial charge in [-0.1, -0.05) is 43.6 Å². The van der Waals surface area contributed by atoms with Crippen molar-refractivity contribution >= 4 is 28.8 Å². The van der Waals surface area contributed by atoms with Gasteiger partial charge in [0.1, 0.15) is 11.6 Å².